The summed E-state index contributed by atoms with van der Waals surface area (Å²) in [6, 6.07) is 4.54. The van der Waals surface area contributed by atoms with Crippen LogP contribution in [0.1, 0.15) is 26.2 Å². The number of rotatable bonds is 4. The van der Waals surface area contributed by atoms with Crippen LogP contribution < -0.4 is 20.9 Å². The maximum absolute atomic E-state index is 14.0. The molecule has 0 radical (unpaired) electrons. The van der Waals surface area contributed by atoms with E-state index in [1.807, 2.05) is 0 Å². The minimum atomic E-state index is -0.491. The van der Waals surface area contributed by atoms with Gasteiger partial charge in [0.25, 0.3) is 5.56 Å². The molecule has 2 N–H and O–H groups in total. The molecule has 7 nitrogen and oxygen atoms in total. The zero-order valence-corrected chi connectivity index (χ0v) is 18.3. The van der Waals surface area contributed by atoms with Gasteiger partial charge < -0.3 is 20.1 Å². The lowest BCUT2D eigenvalue weighted by molar-refractivity contribution is 0.0974. The summed E-state index contributed by atoms with van der Waals surface area (Å²) in [5.41, 5.74) is 6.17. The summed E-state index contributed by atoms with van der Waals surface area (Å²) < 4.78 is 26.3. The van der Waals surface area contributed by atoms with E-state index in [2.05, 4.69) is 16.8 Å². The monoisotopic (exact) mass is 434 g/mol. The zero-order valence-electron chi connectivity index (χ0n) is 17.5. The van der Waals surface area contributed by atoms with E-state index in [1.54, 1.807) is 13.1 Å². The Labute approximate surface area is 179 Å². The summed E-state index contributed by atoms with van der Waals surface area (Å²) in [4.78, 5) is 20.5. The van der Waals surface area contributed by atoms with Gasteiger partial charge in [-0.3, -0.25) is 9.36 Å². The van der Waals surface area contributed by atoms with Gasteiger partial charge in [0.1, 0.15) is 10.7 Å². The average Bonchev–Trinajstić information content (AvgIpc) is 3.09. The number of hydrogen-bond acceptors (Lipinski definition) is 7. The van der Waals surface area contributed by atoms with E-state index < -0.39 is 5.82 Å². The number of piperidine rings is 1. The number of hydrogen-bond donors (Lipinski definition) is 1. The van der Waals surface area contributed by atoms with Gasteiger partial charge in [-0.15, -0.1) is 0 Å². The van der Waals surface area contributed by atoms with Crippen molar-refractivity contribution in [3.05, 3.63) is 34.4 Å². The van der Waals surface area contributed by atoms with E-state index in [1.165, 1.54) is 23.8 Å². The lowest BCUT2D eigenvalue weighted by Crippen LogP contribution is -2.43. The molecule has 0 bridgehead atoms. The minimum Gasteiger partial charge on any atom is -0.494 e. The summed E-state index contributed by atoms with van der Waals surface area (Å²) in [5.74, 6) is 0.394. The van der Waals surface area contributed by atoms with Gasteiger partial charge in [-0.2, -0.15) is 4.98 Å². The van der Waals surface area contributed by atoms with Crippen molar-refractivity contribution in [1.29, 1.82) is 0 Å². The number of anilines is 2. The smallest absolute Gasteiger partial charge is 0.270 e. The first kappa shape index (κ1) is 21.0. The highest BCUT2D eigenvalue weighted by atomic mass is 32.2. The SMILES string of the molecule is COc1ccc(Sc2c(N)nc(N3CCC4(CC3)CO[C@@H](C)C4)n(C)c2=O)cc1F. The number of nitrogens with two attached hydrogens (primary N) is 1. The number of nitrogen functional groups attached to an aromatic ring is 1. The van der Waals surface area contributed by atoms with Crippen LogP contribution in [0, 0.1) is 11.2 Å². The lowest BCUT2D eigenvalue weighted by atomic mass is 9.77. The Hall–Kier alpha value is -2.26. The molecule has 1 aromatic carbocycles. The highest BCUT2D eigenvalue weighted by molar-refractivity contribution is 7.99. The molecule has 2 fully saturated rings. The number of benzene rings is 1. The molecule has 0 aliphatic carbocycles. The fourth-order valence-electron chi connectivity index (χ4n) is 4.37. The predicted octanol–water partition coefficient (Wildman–Crippen LogP) is 3.06. The normalized spacial score (nSPS) is 20.7. The molecule has 3 heterocycles. The van der Waals surface area contributed by atoms with Crippen molar-refractivity contribution >= 4 is 23.5 Å². The number of nitrogens with zero attached hydrogens (tertiary/aromatic N) is 3. The van der Waals surface area contributed by atoms with E-state index in [0.717, 1.165) is 50.7 Å². The Morgan fingerprint density at radius 1 is 1.37 bits per heavy atom. The minimum absolute atomic E-state index is 0.152. The number of ether oxygens (including phenoxy) is 2. The van der Waals surface area contributed by atoms with Gasteiger partial charge in [-0.25, -0.2) is 4.39 Å². The van der Waals surface area contributed by atoms with Gasteiger partial charge in [-0.1, -0.05) is 11.8 Å². The Morgan fingerprint density at radius 2 is 2.10 bits per heavy atom. The molecule has 0 amide bonds. The van der Waals surface area contributed by atoms with Crippen molar-refractivity contribution in [2.24, 2.45) is 12.5 Å². The lowest BCUT2D eigenvalue weighted by Gasteiger charge is -2.39. The maximum Gasteiger partial charge on any atom is 0.270 e. The summed E-state index contributed by atoms with van der Waals surface area (Å²) >= 11 is 1.11. The van der Waals surface area contributed by atoms with Crippen LogP contribution >= 0.6 is 11.8 Å². The van der Waals surface area contributed by atoms with Crippen LogP contribution in [0.2, 0.25) is 0 Å². The van der Waals surface area contributed by atoms with E-state index in [9.17, 15) is 9.18 Å². The third-order valence-electron chi connectivity index (χ3n) is 6.10. The number of halogens is 1. The van der Waals surface area contributed by atoms with Gasteiger partial charge in [-0.05, 0) is 49.8 Å². The van der Waals surface area contributed by atoms with Crippen LogP contribution in [-0.2, 0) is 11.8 Å². The molecule has 0 saturated carbocycles. The first-order chi connectivity index (χ1) is 14.3. The van der Waals surface area contributed by atoms with Crippen LogP contribution in [-0.4, -0.2) is 42.5 Å². The topological polar surface area (TPSA) is 82.6 Å². The Bertz CT molecular complexity index is 1000. The third kappa shape index (κ3) is 3.88. The highest BCUT2D eigenvalue weighted by Gasteiger charge is 2.41. The quantitative estimate of drug-likeness (QED) is 0.792. The first-order valence-electron chi connectivity index (χ1n) is 10.1. The van der Waals surface area contributed by atoms with Gasteiger partial charge in [0.15, 0.2) is 11.6 Å². The van der Waals surface area contributed by atoms with Crippen LogP contribution in [0.5, 0.6) is 5.75 Å². The molecule has 9 heteroatoms. The fourth-order valence-corrected chi connectivity index (χ4v) is 5.28. The summed E-state index contributed by atoms with van der Waals surface area (Å²) in [7, 11) is 3.11. The summed E-state index contributed by atoms with van der Waals surface area (Å²) in [6.07, 6.45) is 3.42. The maximum atomic E-state index is 14.0. The molecular formula is C21H27FN4O3S. The molecule has 1 spiro atoms. The van der Waals surface area contributed by atoms with Crippen LogP contribution in [0.25, 0.3) is 0 Å². The molecule has 2 saturated heterocycles. The molecule has 4 rings (SSSR count). The number of methoxy groups -OCH3 is 1. The fraction of sp³-hybridized carbons (Fsp3) is 0.524. The molecule has 1 atom stereocenters. The summed E-state index contributed by atoms with van der Waals surface area (Å²) in [5, 5.41) is 0. The van der Waals surface area contributed by atoms with Crippen molar-refractivity contribution < 1.29 is 13.9 Å². The number of aromatic nitrogens is 2. The molecule has 2 aliphatic rings. The second kappa shape index (κ2) is 8.11. The Balaban J connectivity index is 1.55. The molecular weight excluding hydrogens is 407 g/mol. The second-order valence-electron chi connectivity index (χ2n) is 8.20. The van der Waals surface area contributed by atoms with Gasteiger partial charge in [0.05, 0.1) is 19.8 Å². The van der Waals surface area contributed by atoms with Crippen molar-refractivity contribution in [2.45, 2.75) is 42.1 Å². The Kier molecular flexibility index (Phi) is 5.67. The third-order valence-corrected chi connectivity index (χ3v) is 7.17. The Morgan fingerprint density at radius 3 is 2.70 bits per heavy atom. The van der Waals surface area contributed by atoms with Gasteiger partial charge >= 0.3 is 0 Å². The van der Waals surface area contributed by atoms with Crippen molar-refractivity contribution in [1.82, 2.24) is 9.55 Å². The largest absolute Gasteiger partial charge is 0.494 e. The van der Waals surface area contributed by atoms with Crippen molar-refractivity contribution in [3.8, 4) is 5.75 Å². The van der Waals surface area contributed by atoms with Crippen LogP contribution in [0.4, 0.5) is 16.2 Å². The van der Waals surface area contributed by atoms with E-state index in [-0.39, 0.29) is 27.4 Å². The molecule has 1 aromatic heterocycles. The zero-order chi connectivity index (χ0) is 21.5. The van der Waals surface area contributed by atoms with E-state index >= 15 is 0 Å². The van der Waals surface area contributed by atoms with E-state index in [0.29, 0.717) is 16.9 Å². The molecule has 0 unspecified atom stereocenters. The van der Waals surface area contributed by atoms with Gasteiger partial charge in [0.2, 0.25) is 5.95 Å². The predicted molar refractivity (Wildman–Crippen MR) is 115 cm³/mol. The molecule has 2 aliphatic heterocycles. The average molecular weight is 435 g/mol. The van der Waals surface area contributed by atoms with E-state index in [4.69, 9.17) is 15.2 Å². The molecule has 162 valence electrons. The molecule has 30 heavy (non-hydrogen) atoms. The van der Waals surface area contributed by atoms with Crippen LogP contribution in [0.3, 0.4) is 0 Å². The highest BCUT2D eigenvalue weighted by Crippen LogP contribution is 2.42. The van der Waals surface area contributed by atoms with Gasteiger partial charge in [0, 0.05) is 25.0 Å². The summed E-state index contributed by atoms with van der Waals surface area (Å²) in [6.45, 7) is 4.56. The first-order valence-corrected chi connectivity index (χ1v) is 10.9. The van der Waals surface area contributed by atoms with Crippen molar-refractivity contribution in [2.75, 3.05) is 37.4 Å². The standard InChI is InChI=1S/C21H27FN4O3S/c1-13-11-21(12-29-13)6-8-26(9-7-21)20-24-18(23)17(19(27)25(20)2)30-14-4-5-16(28-3)15(22)10-14/h4-5,10,13H,6-9,11-12,23H2,1-3H3/t13-/m0/s1. The van der Waals surface area contributed by atoms with Crippen LogP contribution in [0.15, 0.2) is 32.8 Å². The second-order valence-corrected chi connectivity index (χ2v) is 9.29. The molecule has 2 aromatic rings. The van der Waals surface area contributed by atoms with Crippen molar-refractivity contribution in [3.63, 3.8) is 0 Å².